The molecular weight excluding hydrogens is 288 g/mol. The molecule has 0 aromatic carbocycles. The Morgan fingerprint density at radius 1 is 1.00 bits per heavy atom. The maximum Gasteiger partial charge on any atom is 0.293 e. The predicted molar refractivity (Wildman–Crippen MR) is 64.6 cm³/mol. The van der Waals surface area contributed by atoms with Crippen molar-refractivity contribution in [1.82, 2.24) is 0 Å². The van der Waals surface area contributed by atoms with Crippen LogP contribution in [0.2, 0.25) is 0 Å². The third-order valence-electron chi connectivity index (χ3n) is 2.83. The topological polar surface area (TPSA) is 107 Å². The zero-order chi connectivity index (χ0) is 15.7. The molecular formula is C12H16O9. The second kappa shape index (κ2) is 8.93. The van der Waals surface area contributed by atoms with Gasteiger partial charge in [0.2, 0.25) is 0 Å². The third kappa shape index (κ3) is 4.17. The van der Waals surface area contributed by atoms with Crippen LogP contribution in [0.5, 0.6) is 0 Å². The lowest BCUT2D eigenvalue weighted by Gasteiger charge is -2.42. The minimum Gasteiger partial charge on any atom is -0.489 e. The summed E-state index contributed by atoms with van der Waals surface area (Å²) in [6.07, 6.45) is -3.69. The fourth-order valence-electron chi connectivity index (χ4n) is 2.04. The van der Waals surface area contributed by atoms with Gasteiger partial charge in [0, 0.05) is 7.11 Å². The Balaban J connectivity index is 3.01. The number of hydrogen-bond acceptors (Lipinski definition) is 9. The fourth-order valence-corrected chi connectivity index (χ4v) is 2.04. The third-order valence-corrected chi connectivity index (χ3v) is 2.83. The maximum atomic E-state index is 10.7. The molecule has 9 nitrogen and oxygen atoms in total. The normalized spacial score (nSPS) is 31.6. The number of rotatable bonds is 10. The van der Waals surface area contributed by atoms with E-state index in [1.807, 2.05) is 0 Å². The molecule has 21 heavy (non-hydrogen) atoms. The van der Waals surface area contributed by atoms with E-state index in [4.69, 9.17) is 23.7 Å². The highest BCUT2D eigenvalue weighted by Crippen LogP contribution is 2.28. The van der Waals surface area contributed by atoms with Gasteiger partial charge in [-0.25, -0.2) is 0 Å². The molecule has 1 rings (SSSR count). The summed E-state index contributed by atoms with van der Waals surface area (Å²) in [4.78, 5) is 31.6. The van der Waals surface area contributed by atoms with Gasteiger partial charge in [0.1, 0.15) is 12.7 Å². The average Bonchev–Trinajstić information content (AvgIpc) is 2.49. The van der Waals surface area contributed by atoms with E-state index >= 15 is 0 Å². The molecule has 0 amide bonds. The Labute approximate surface area is 120 Å². The van der Waals surface area contributed by atoms with Gasteiger partial charge in [0.25, 0.3) is 19.4 Å². The van der Waals surface area contributed by atoms with Crippen LogP contribution >= 0.6 is 0 Å². The van der Waals surface area contributed by atoms with Crippen LogP contribution in [0.25, 0.3) is 0 Å². The fraction of sp³-hybridized carbons (Fsp3) is 0.583. The van der Waals surface area contributed by atoms with E-state index in [-0.39, 0.29) is 26.0 Å². The minimum absolute atomic E-state index is 0.168. The van der Waals surface area contributed by atoms with Crippen LogP contribution in [0.1, 0.15) is 0 Å². The van der Waals surface area contributed by atoms with Crippen LogP contribution in [0.15, 0.2) is 12.8 Å². The molecule has 0 aliphatic carbocycles. The molecule has 1 aliphatic heterocycles. The van der Waals surface area contributed by atoms with Crippen molar-refractivity contribution in [3.8, 4) is 0 Å². The van der Waals surface area contributed by atoms with Crippen molar-refractivity contribution < 1.29 is 42.8 Å². The van der Waals surface area contributed by atoms with E-state index < -0.39 is 30.7 Å². The lowest BCUT2D eigenvalue weighted by Crippen LogP contribution is -2.61. The molecule has 0 N–H and O–H groups in total. The van der Waals surface area contributed by atoms with Gasteiger partial charge in [-0.15, -0.1) is 0 Å². The van der Waals surface area contributed by atoms with E-state index in [0.29, 0.717) is 0 Å². The Morgan fingerprint density at radius 2 is 1.67 bits per heavy atom. The molecule has 0 radical (unpaired) electrons. The number of carbonyl (C=O) groups excluding carboxylic acids is 3. The van der Waals surface area contributed by atoms with Gasteiger partial charge in [0.15, 0.2) is 24.6 Å². The molecule has 0 aromatic rings. The van der Waals surface area contributed by atoms with E-state index in [0.717, 1.165) is 6.26 Å². The monoisotopic (exact) mass is 304 g/mol. The summed E-state index contributed by atoms with van der Waals surface area (Å²) in [5.41, 5.74) is 0. The smallest absolute Gasteiger partial charge is 0.293 e. The first-order valence-electron chi connectivity index (χ1n) is 5.91. The first kappa shape index (κ1) is 16.9. The molecule has 1 fully saturated rings. The molecule has 0 aromatic heterocycles. The molecule has 1 unspecified atom stereocenters. The van der Waals surface area contributed by atoms with Gasteiger partial charge in [-0.3, -0.25) is 14.4 Å². The van der Waals surface area contributed by atoms with E-state index in [9.17, 15) is 14.4 Å². The summed E-state index contributed by atoms with van der Waals surface area (Å²) in [5.74, 6) is 0. The van der Waals surface area contributed by atoms with E-state index in [1.54, 1.807) is 0 Å². The van der Waals surface area contributed by atoms with Crippen LogP contribution in [-0.2, 0) is 42.8 Å². The summed E-state index contributed by atoms with van der Waals surface area (Å²) in [5, 5.41) is 0. The molecule has 1 saturated heterocycles. The maximum absolute atomic E-state index is 10.7. The molecule has 1 heterocycles. The van der Waals surface area contributed by atoms with Crippen molar-refractivity contribution in [2.75, 3.05) is 13.7 Å². The number of methoxy groups -OCH3 is 1. The lowest BCUT2D eigenvalue weighted by atomic mass is 9.98. The predicted octanol–water partition coefficient (Wildman–Crippen LogP) is -0.857. The molecule has 5 atom stereocenters. The minimum atomic E-state index is -1.04. The zero-order valence-electron chi connectivity index (χ0n) is 11.3. The SMILES string of the molecule is C=CO[C@@H]1C(OC)O[C@H](COC=O)[C@@H](OC=O)[C@@H]1OC=O. The van der Waals surface area contributed by atoms with Crippen LogP contribution < -0.4 is 0 Å². The summed E-state index contributed by atoms with van der Waals surface area (Å²) in [7, 11) is 1.35. The van der Waals surface area contributed by atoms with Crippen LogP contribution in [0, 0.1) is 0 Å². The molecule has 0 bridgehead atoms. The Hall–Kier alpha value is -2.13. The highest BCUT2D eigenvalue weighted by molar-refractivity contribution is 5.40. The largest absolute Gasteiger partial charge is 0.489 e. The van der Waals surface area contributed by atoms with Crippen molar-refractivity contribution in [3.63, 3.8) is 0 Å². The summed E-state index contributed by atoms with van der Waals surface area (Å²) >= 11 is 0. The summed E-state index contributed by atoms with van der Waals surface area (Å²) < 4.78 is 30.2. The van der Waals surface area contributed by atoms with Crippen LogP contribution in [0.4, 0.5) is 0 Å². The average molecular weight is 304 g/mol. The van der Waals surface area contributed by atoms with Crippen molar-refractivity contribution in [2.24, 2.45) is 0 Å². The summed E-state index contributed by atoms with van der Waals surface area (Å²) in [6, 6.07) is 0. The Bertz CT molecular complexity index is 359. The first-order valence-corrected chi connectivity index (χ1v) is 5.91. The second-order valence-electron chi connectivity index (χ2n) is 3.87. The van der Waals surface area contributed by atoms with Crippen molar-refractivity contribution in [3.05, 3.63) is 12.8 Å². The quantitative estimate of drug-likeness (QED) is 0.289. The van der Waals surface area contributed by atoms with Gasteiger partial charge >= 0.3 is 0 Å². The van der Waals surface area contributed by atoms with Gasteiger partial charge in [-0.2, -0.15) is 0 Å². The zero-order valence-corrected chi connectivity index (χ0v) is 11.3. The van der Waals surface area contributed by atoms with Gasteiger partial charge in [0.05, 0.1) is 6.26 Å². The van der Waals surface area contributed by atoms with Gasteiger partial charge in [-0.05, 0) is 0 Å². The number of carbonyl (C=O) groups is 3. The molecule has 1 aliphatic rings. The van der Waals surface area contributed by atoms with Gasteiger partial charge in [-0.1, -0.05) is 6.58 Å². The van der Waals surface area contributed by atoms with E-state index in [2.05, 4.69) is 11.3 Å². The van der Waals surface area contributed by atoms with Crippen molar-refractivity contribution in [1.29, 1.82) is 0 Å². The lowest BCUT2D eigenvalue weighted by molar-refractivity contribution is -0.296. The molecule has 0 saturated carbocycles. The van der Waals surface area contributed by atoms with Gasteiger partial charge < -0.3 is 28.4 Å². The first-order chi connectivity index (χ1) is 10.2. The Morgan fingerprint density at radius 3 is 2.19 bits per heavy atom. The molecule has 0 spiro atoms. The summed E-state index contributed by atoms with van der Waals surface area (Å²) in [6.45, 7) is 3.74. The van der Waals surface area contributed by atoms with Crippen LogP contribution in [-0.4, -0.2) is 63.8 Å². The number of ether oxygens (including phenoxy) is 6. The van der Waals surface area contributed by atoms with Crippen molar-refractivity contribution >= 4 is 19.4 Å². The van der Waals surface area contributed by atoms with Crippen molar-refractivity contribution in [2.45, 2.75) is 30.7 Å². The Kier molecular flexibility index (Phi) is 7.19. The standard InChI is InChI=1S/C12H16O9/c1-3-18-11-10(20-7-15)9(19-6-14)8(4-17-5-13)21-12(11)16-2/h3,5-12H,1,4H2,2H3/t8-,9-,10+,11+,12?/m1/s1. The number of hydrogen-bond donors (Lipinski definition) is 0. The highest BCUT2D eigenvalue weighted by atomic mass is 16.7. The van der Waals surface area contributed by atoms with E-state index in [1.165, 1.54) is 7.11 Å². The highest BCUT2D eigenvalue weighted by Gasteiger charge is 2.50. The molecule has 9 heteroatoms. The molecule has 118 valence electrons. The van der Waals surface area contributed by atoms with Crippen LogP contribution in [0.3, 0.4) is 0 Å². The second-order valence-corrected chi connectivity index (χ2v) is 3.87.